The molecule has 118 valence electrons. The molecule has 0 aliphatic carbocycles. The summed E-state index contributed by atoms with van der Waals surface area (Å²) in [6.45, 7) is 0.912. The van der Waals surface area contributed by atoms with Crippen molar-refractivity contribution < 1.29 is 23.6 Å². The van der Waals surface area contributed by atoms with Gasteiger partial charge >= 0.3 is 0 Å². The maximum atomic E-state index is 12.4. The summed E-state index contributed by atoms with van der Waals surface area (Å²) in [5, 5.41) is 6.26. The second-order valence-electron chi connectivity index (χ2n) is 5.35. The molecule has 0 saturated carbocycles. The van der Waals surface area contributed by atoms with Gasteiger partial charge in [-0.25, -0.2) is 0 Å². The van der Waals surface area contributed by atoms with Crippen LogP contribution in [0.5, 0.6) is 11.5 Å². The fourth-order valence-electron chi connectivity index (χ4n) is 2.53. The zero-order valence-corrected chi connectivity index (χ0v) is 12.0. The number of nitrogens with zero attached hydrogens (tertiary/aromatic N) is 2. The number of likely N-dealkylation sites (tertiary alicyclic amines) is 1. The Morgan fingerprint density at radius 2 is 2.00 bits per heavy atom. The molecule has 23 heavy (non-hydrogen) atoms. The van der Waals surface area contributed by atoms with Crippen molar-refractivity contribution in [3.8, 4) is 11.5 Å². The molecule has 3 heterocycles. The Labute approximate surface area is 130 Å². The van der Waals surface area contributed by atoms with Crippen LogP contribution >= 0.6 is 0 Å². The SMILES string of the molecule is O=C(Nc1ccon1)C1CN(C(=O)c2ccc3c(c2)OCO3)C1. The largest absolute Gasteiger partial charge is 0.454 e. The van der Waals surface area contributed by atoms with Gasteiger partial charge in [-0.2, -0.15) is 0 Å². The molecule has 8 nitrogen and oxygen atoms in total. The molecule has 0 spiro atoms. The molecule has 1 N–H and O–H groups in total. The third-order valence-electron chi connectivity index (χ3n) is 3.85. The van der Waals surface area contributed by atoms with Crippen LogP contribution in [0.2, 0.25) is 0 Å². The predicted molar refractivity (Wildman–Crippen MR) is 77.1 cm³/mol. The van der Waals surface area contributed by atoms with Gasteiger partial charge in [-0.3, -0.25) is 9.59 Å². The predicted octanol–water partition coefficient (Wildman–Crippen LogP) is 1.11. The third kappa shape index (κ3) is 2.48. The van der Waals surface area contributed by atoms with E-state index in [0.717, 1.165) is 0 Å². The molecule has 1 aromatic carbocycles. The van der Waals surface area contributed by atoms with Crippen LogP contribution < -0.4 is 14.8 Å². The van der Waals surface area contributed by atoms with Crippen molar-refractivity contribution in [2.45, 2.75) is 0 Å². The van der Waals surface area contributed by atoms with E-state index in [1.807, 2.05) is 0 Å². The number of aromatic nitrogens is 1. The summed E-state index contributed by atoms with van der Waals surface area (Å²) in [6, 6.07) is 6.63. The van der Waals surface area contributed by atoms with Gasteiger partial charge in [0, 0.05) is 24.7 Å². The molecule has 1 fully saturated rings. The molecule has 0 bridgehead atoms. The fraction of sp³-hybridized carbons (Fsp3) is 0.267. The molecule has 2 aliphatic rings. The number of hydrogen-bond acceptors (Lipinski definition) is 6. The number of carbonyl (C=O) groups excluding carboxylic acids is 2. The van der Waals surface area contributed by atoms with Crippen LogP contribution in [-0.4, -0.2) is 41.8 Å². The summed E-state index contributed by atoms with van der Waals surface area (Å²) in [5.74, 6) is 1.02. The van der Waals surface area contributed by atoms with Crippen molar-refractivity contribution >= 4 is 17.6 Å². The number of amides is 2. The topological polar surface area (TPSA) is 93.9 Å². The average Bonchev–Trinajstić information content (AvgIpc) is 3.15. The van der Waals surface area contributed by atoms with Gasteiger partial charge in [-0.05, 0) is 18.2 Å². The molecule has 2 aromatic rings. The van der Waals surface area contributed by atoms with Gasteiger partial charge in [0.2, 0.25) is 12.7 Å². The molecule has 8 heteroatoms. The van der Waals surface area contributed by atoms with Gasteiger partial charge in [-0.15, -0.1) is 0 Å². The number of rotatable bonds is 3. The summed E-state index contributed by atoms with van der Waals surface area (Å²) < 4.78 is 15.1. The van der Waals surface area contributed by atoms with E-state index in [-0.39, 0.29) is 24.5 Å². The lowest BCUT2D eigenvalue weighted by molar-refractivity contribution is -0.123. The highest BCUT2D eigenvalue weighted by Gasteiger charge is 2.36. The van der Waals surface area contributed by atoms with Gasteiger partial charge in [0.15, 0.2) is 17.3 Å². The average molecular weight is 315 g/mol. The Balaban J connectivity index is 1.36. The van der Waals surface area contributed by atoms with E-state index in [2.05, 4.69) is 15.0 Å². The lowest BCUT2D eigenvalue weighted by atomic mass is 9.97. The molecule has 1 saturated heterocycles. The molecule has 4 rings (SSSR count). The molecule has 1 aromatic heterocycles. The summed E-state index contributed by atoms with van der Waals surface area (Å²) in [5.41, 5.74) is 0.518. The van der Waals surface area contributed by atoms with Crippen molar-refractivity contribution in [2.24, 2.45) is 5.92 Å². The van der Waals surface area contributed by atoms with Crippen molar-refractivity contribution in [2.75, 3.05) is 25.2 Å². The Kier molecular flexibility index (Phi) is 3.14. The van der Waals surface area contributed by atoms with E-state index in [9.17, 15) is 9.59 Å². The van der Waals surface area contributed by atoms with Crippen LogP contribution in [-0.2, 0) is 4.79 Å². The molecule has 0 unspecified atom stereocenters. The van der Waals surface area contributed by atoms with Crippen molar-refractivity contribution in [3.63, 3.8) is 0 Å². The molecular weight excluding hydrogens is 302 g/mol. The van der Waals surface area contributed by atoms with Crippen LogP contribution in [0.15, 0.2) is 35.1 Å². The third-order valence-corrected chi connectivity index (χ3v) is 3.85. The van der Waals surface area contributed by atoms with Crippen molar-refractivity contribution in [1.29, 1.82) is 0 Å². The van der Waals surface area contributed by atoms with Crippen LogP contribution in [0.3, 0.4) is 0 Å². The number of ether oxygens (including phenoxy) is 2. The first-order valence-corrected chi connectivity index (χ1v) is 7.11. The minimum atomic E-state index is -0.246. The molecular formula is C15H13N3O5. The first kappa shape index (κ1) is 13.6. The monoisotopic (exact) mass is 315 g/mol. The summed E-state index contributed by atoms with van der Waals surface area (Å²) in [4.78, 5) is 26.0. The maximum absolute atomic E-state index is 12.4. The van der Waals surface area contributed by atoms with Gasteiger partial charge in [0.05, 0.1) is 5.92 Å². The van der Waals surface area contributed by atoms with Gasteiger partial charge in [0.25, 0.3) is 5.91 Å². The minimum absolute atomic E-state index is 0.131. The number of carbonyl (C=O) groups is 2. The van der Waals surface area contributed by atoms with E-state index in [4.69, 9.17) is 9.47 Å². The van der Waals surface area contributed by atoms with E-state index >= 15 is 0 Å². The normalized spacial score (nSPS) is 16.1. The van der Waals surface area contributed by atoms with E-state index < -0.39 is 0 Å². The molecule has 0 atom stereocenters. The highest BCUT2D eigenvalue weighted by molar-refractivity contribution is 5.98. The fourth-order valence-corrected chi connectivity index (χ4v) is 2.53. The Bertz CT molecular complexity index is 752. The number of fused-ring (bicyclic) bond motifs is 1. The zero-order chi connectivity index (χ0) is 15.8. The lowest BCUT2D eigenvalue weighted by Crippen LogP contribution is -2.54. The second kappa shape index (κ2) is 5.31. The second-order valence-corrected chi connectivity index (χ2v) is 5.35. The zero-order valence-electron chi connectivity index (χ0n) is 12.0. The van der Waals surface area contributed by atoms with Crippen LogP contribution in [0, 0.1) is 5.92 Å². The quantitative estimate of drug-likeness (QED) is 0.912. The van der Waals surface area contributed by atoms with Crippen molar-refractivity contribution in [1.82, 2.24) is 10.1 Å². The number of hydrogen-bond donors (Lipinski definition) is 1. The molecule has 2 amide bonds. The lowest BCUT2D eigenvalue weighted by Gasteiger charge is -2.38. The highest BCUT2D eigenvalue weighted by Crippen LogP contribution is 2.33. The summed E-state index contributed by atoms with van der Waals surface area (Å²) in [6.07, 6.45) is 1.38. The van der Waals surface area contributed by atoms with E-state index in [1.165, 1.54) is 6.26 Å². The summed E-state index contributed by atoms with van der Waals surface area (Å²) in [7, 11) is 0. The van der Waals surface area contributed by atoms with Crippen molar-refractivity contribution in [3.05, 3.63) is 36.1 Å². The maximum Gasteiger partial charge on any atom is 0.254 e. The number of anilines is 1. The minimum Gasteiger partial charge on any atom is -0.454 e. The molecule has 0 radical (unpaired) electrons. The van der Waals surface area contributed by atoms with Gasteiger partial charge in [-0.1, -0.05) is 5.16 Å². The first-order valence-electron chi connectivity index (χ1n) is 7.11. The Morgan fingerprint density at radius 1 is 1.17 bits per heavy atom. The standard InChI is InChI=1S/C15H13N3O5/c19-14(16-13-3-4-23-17-13)10-6-18(7-10)15(20)9-1-2-11-12(5-9)22-8-21-11/h1-5,10H,6-8H2,(H,16,17,19). The van der Waals surface area contributed by atoms with E-state index in [0.29, 0.717) is 36.0 Å². The number of nitrogens with one attached hydrogen (secondary N) is 1. The van der Waals surface area contributed by atoms with Crippen LogP contribution in [0.4, 0.5) is 5.82 Å². The van der Waals surface area contributed by atoms with Crippen LogP contribution in [0.25, 0.3) is 0 Å². The summed E-state index contributed by atoms with van der Waals surface area (Å²) >= 11 is 0. The first-order chi connectivity index (χ1) is 11.2. The Hall–Kier alpha value is -3.03. The van der Waals surface area contributed by atoms with E-state index in [1.54, 1.807) is 29.2 Å². The smallest absolute Gasteiger partial charge is 0.254 e. The van der Waals surface area contributed by atoms with Gasteiger partial charge < -0.3 is 24.2 Å². The molecule has 2 aliphatic heterocycles. The Morgan fingerprint density at radius 3 is 2.78 bits per heavy atom. The highest BCUT2D eigenvalue weighted by atomic mass is 16.7. The number of benzene rings is 1. The van der Waals surface area contributed by atoms with Crippen LogP contribution in [0.1, 0.15) is 10.4 Å². The van der Waals surface area contributed by atoms with Gasteiger partial charge in [0.1, 0.15) is 6.26 Å².